The zero-order valence-corrected chi connectivity index (χ0v) is 11.9. The molecule has 2 atom stereocenters. The highest BCUT2D eigenvalue weighted by molar-refractivity contribution is 5.66. The van der Waals surface area contributed by atoms with Crippen LogP contribution in [0, 0.1) is 0 Å². The molecule has 3 rings (SSSR count). The topological polar surface area (TPSA) is 55.8 Å². The van der Waals surface area contributed by atoms with Crippen molar-refractivity contribution in [2.45, 2.75) is 58.2 Å². The van der Waals surface area contributed by atoms with E-state index in [1.165, 1.54) is 16.7 Å². The Morgan fingerprint density at radius 2 is 2.05 bits per heavy atom. The number of carboxylic acids is 1. The van der Waals surface area contributed by atoms with Gasteiger partial charge in [-0.1, -0.05) is 0 Å². The maximum absolute atomic E-state index is 10.7. The highest BCUT2D eigenvalue weighted by Gasteiger charge is 2.31. The standard InChI is InChI=1S/C16H20O4/c1-9-6-11-8-14-13(7-10(2)19-14)12(16(11)20-9)4-3-5-15(17)18/h8-10H,3-7H2,1-2H3,(H,17,18). The molecule has 0 saturated carbocycles. The van der Waals surface area contributed by atoms with Crippen LogP contribution in [0.4, 0.5) is 0 Å². The molecular formula is C16H20O4. The van der Waals surface area contributed by atoms with Crippen LogP contribution in [0.2, 0.25) is 0 Å². The number of hydrogen-bond donors (Lipinski definition) is 1. The predicted molar refractivity (Wildman–Crippen MR) is 74.6 cm³/mol. The molecule has 0 spiro atoms. The summed E-state index contributed by atoms with van der Waals surface area (Å²) in [6, 6.07) is 2.11. The van der Waals surface area contributed by atoms with Crippen molar-refractivity contribution in [1.82, 2.24) is 0 Å². The van der Waals surface area contributed by atoms with Crippen LogP contribution in [-0.4, -0.2) is 23.3 Å². The van der Waals surface area contributed by atoms with Gasteiger partial charge in [-0.05, 0) is 32.8 Å². The highest BCUT2D eigenvalue weighted by atomic mass is 16.5. The molecule has 4 heteroatoms. The Morgan fingerprint density at radius 1 is 1.30 bits per heavy atom. The Bertz CT molecular complexity index is 514. The molecule has 0 aromatic heterocycles. The van der Waals surface area contributed by atoms with Gasteiger partial charge >= 0.3 is 5.97 Å². The van der Waals surface area contributed by atoms with Gasteiger partial charge in [0.1, 0.15) is 23.7 Å². The van der Waals surface area contributed by atoms with Crippen molar-refractivity contribution in [3.63, 3.8) is 0 Å². The molecule has 0 saturated heterocycles. The van der Waals surface area contributed by atoms with E-state index in [9.17, 15) is 4.79 Å². The molecule has 0 radical (unpaired) electrons. The molecule has 1 aromatic rings. The summed E-state index contributed by atoms with van der Waals surface area (Å²) in [7, 11) is 0. The van der Waals surface area contributed by atoms with Crippen molar-refractivity contribution in [2.24, 2.45) is 0 Å². The first-order valence-corrected chi connectivity index (χ1v) is 7.27. The SMILES string of the molecule is CC1Cc2c(cc3c(c2CCCC(=O)O)OC(C)C3)O1. The number of aliphatic carboxylic acids is 1. The van der Waals surface area contributed by atoms with E-state index in [0.29, 0.717) is 6.42 Å². The van der Waals surface area contributed by atoms with Gasteiger partial charge in [0.25, 0.3) is 0 Å². The van der Waals surface area contributed by atoms with Crippen LogP contribution in [0.5, 0.6) is 11.5 Å². The zero-order valence-electron chi connectivity index (χ0n) is 11.9. The third kappa shape index (κ3) is 2.35. The second kappa shape index (κ2) is 5.00. The van der Waals surface area contributed by atoms with Crippen LogP contribution in [-0.2, 0) is 24.1 Å². The largest absolute Gasteiger partial charge is 0.490 e. The molecular weight excluding hydrogens is 256 g/mol. The maximum atomic E-state index is 10.7. The number of benzene rings is 1. The second-order valence-corrected chi connectivity index (χ2v) is 5.83. The summed E-state index contributed by atoms with van der Waals surface area (Å²) in [6.07, 6.45) is 3.79. The summed E-state index contributed by atoms with van der Waals surface area (Å²) in [5.41, 5.74) is 3.60. The van der Waals surface area contributed by atoms with Gasteiger partial charge in [-0.25, -0.2) is 0 Å². The quantitative estimate of drug-likeness (QED) is 0.918. The number of hydrogen-bond acceptors (Lipinski definition) is 3. The minimum absolute atomic E-state index is 0.197. The summed E-state index contributed by atoms with van der Waals surface area (Å²) in [5.74, 6) is 1.21. The molecule has 2 aliphatic rings. The van der Waals surface area contributed by atoms with Crippen molar-refractivity contribution in [3.05, 3.63) is 22.8 Å². The molecule has 2 heterocycles. The number of fused-ring (bicyclic) bond motifs is 2. The lowest BCUT2D eigenvalue weighted by atomic mass is 9.94. The molecule has 1 aromatic carbocycles. The molecule has 0 amide bonds. The Kier molecular flexibility index (Phi) is 3.32. The van der Waals surface area contributed by atoms with Crippen LogP contribution < -0.4 is 9.47 Å². The van der Waals surface area contributed by atoms with Crippen molar-refractivity contribution in [1.29, 1.82) is 0 Å². The van der Waals surface area contributed by atoms with E-state index in [4.69, 9.17) is 14.6 Å². The second-order valence-electron chi connectivity index (χ2n) is 5.83. The van der Waals surface area contributed by atoms with E-state index >= 15 is 0 Å². The van der Waals surface area contributed by atoms with Gasteiger partial charge in [-0.15, -0.1) is 0 Å². The van der Waals surface area contributed by atoms with Gasteiger partial charge in [0.15, 0.2) is 0 Å². The van der Waals surface area contributed by atoms with Crippen molar-refractivity contribution in [3.8, 4) is 11.5 Å². The zero-order chi connectivity index (χ0) is 14.3. The van der Waals surface area contributed by atoms with E-state index in [1.807, 2.05) is 0 Å². The fourth-order valence-electron chi connectivity index (χ4n) is 3.20. The third-order valence-electron chi connectivity index (χ3n) is 4.00. The summed E-state index contributed by atoms with van der Waals surface area (Å²) < 4.78 is 11.8. The van der Waals surface area contributed by atoms with Gasteiger partial charge in [0.2, 0.25) is 0 Å². The molecule has 2 unspecified atom stereocenters. The molecule has 4 nitrogen and oxygen atoms in total. The van der Waals surface area contributed by atoms with Gasteiger partial charge in [0.05, 0.1) is 0 Å². The highest BCUT2D eigenvalue weighted by Crippen LogP contribution is 2.43. The van der Waals surface area contributed by atoms with Crippen LogP contribution in [0.1, 0.15) is 43.4 Å². The van der Waals surface area contributed by atoms with E-state index < -0.39 is 5.97 Å². The van der Waals surface area contributed by atoms with Crippen molar-refractivity contribution < 1.29 is 19.4 Å². The number of rotatable bonds is 4. The number of carbonyl (C=O) groups is 1. The van der Waals surface area contributed by atoms with Crippen LogP contribution in [0.3, 0.4) is 0 Å². The summed E-state index contributed by atoms with van der Waals surface area (Å²) in [5, 5.41) is 8.81. The van der Waals surface area contributed by atoms with Crippen LogP contribution >= 0.6 is 0 Å². The normalized spacial score (nSPS) is 22.9. The predicted octanol–water partition coefficient (Wildman–Crippen LogP) is 2.74. The lowest BCUT2D eigenvalue weighted by molar-refractivity contribution is -0.137. The Hall–Kier alpha value is -1.71. The summed E-state index contributed by atoms with van der Waals surface area (Å²) in [4.78, 5) is 10.7. The first kappa shape index (κ1) is 13.3. The Morgan fingerprint density at radius 3 is 2.80 bits per heavy atom. The van der Waals surface area contributed by atoms with Crippen molar-refractivity contribution in [2.75, 3.05) is 0 Å². The first-order valence-electron chi connectivity index (χ1n) is 7.27. The van der Waals surface area contributed by atoms with Crippen LogP contribution in [0.25, 0.3) is 0 Å². The van der Waals surface area contributed by atoms with E-state index in [0.717, 1.165) is 30.8 Å². The van der Waals surface area contributed by atoms with Gasteiger partial charge < -0.3 is 14.6 Å². The molecule has 0 aliphatic carbocycles. The minimum Gasteiger partial charge on any atom is -0.490 e. The lowest BCUT2D eigenvalue weighted by Crippen LogP contribution is -2.08. The smallest absolute Gasteiger partial charge is 0.303 e. The summed E-state index contributed by atoms with van der Waals surface area (Å²) in [6.45, 7) is 4.13. The number of ether oxygens (including phenoxy) is 2. The van der Waals surface area contributed by atoms with E-state index in [1.54, 1.807) is 0 Å². The van der Waals surface area contributed by atoms with E-state index in [-0.39, 0.29) is 18.6 Å². The van der Waals surface area contributed by atoms with E-state index in [2.05, 4.69) is 19.9 Å². The average Bonchev–Trinajstić information content (AvgIpc) is 2.89. The molecule has 0 fully saturated rings. The minimum atomic E-state index is -0.742. The maximum Gasteiger partial charge on any atom is 0.303 e. The van der Waals surface area contributed by atoms with Crippen LogP contribution in [0.15, 0.2) is 6.07 Å². The fraction of sp³-hybridized carbons (Fsp3) is 0.562. The molecule has 2 aliphatic heterocycles. The molecule has 108 valence electrons. The summed E-state index contributed by atoms with van der Waals surface area (Å²) >= 11 is 0. The lowest BCUT2D eigenvalue weighted by Gasteiger charge is -2.13. The molecule has 1 N–H and O–H groups in total. The third-order valence-corrected chi connectivity index (χ3v) is 4.00. The Balaban J connectivity index is 1.92. The first-order chi connectivity index (χ1) is 9.54. The van der Waals surface area contributed by atoms with Gasteiger partial charge in [-0.3, -0.25) is 4.79 Å². The molecule has 0 bridgehead atoms. The van der Waals surface area contributed by atoms with Gasteiger partial charge in [-0.2, -0.15) is 0 Å². The Labute approximate surface area is 118 Å². The van der Waals surface area contributed by atoms with Crippen molar-refractivity contribution >= 4 is 5.97 Å². The fourth-order valence-corrected chi connectivity index (χ4v) is 3.20. The van der Waals surface area contributed by atoms with Gasteiger partial charge in [0, 0.05) is 36.0 Å². The monoisotopic (exact) mass is 276 g/mol. The average molecular weight is 276 g/mol. The molecule has 20 heavy (non-hydrogen) atoms. The number of carboxylic acid groups (broad SMARTS) is 1.